The molecule has 0 spiro atoms. The van der Waals surface area contributed by atoms with Crippen molar-refractivity contribution in [3.63, 3.8) is 0 Å². The topological polar surface area (TPSA) is 64.3 Å². The first-order chi connectivity index (χ1) is 13.4. The highest BCUT2D eigenvalue weighted by atomic mass is 19.1. The first kappa shape index (κ1) is 19.5. The Morgan fingerprint density at radius 2 is 1.86 bits per heavy atom. The van der Waals surface area contributed by atoms with Gasteiger partial charge in [0.1, 0.15) is 5.82 Å². The van der Waals surface area contributed by atoms with Gasteiger partial charge in [-0.3, -0.25) is 4.79 Å². The fraction of sp³-hybridized carbons (Fsp3) is 0.190. The predicted octanol–water partition coefficient (Wildman–Crippen LogP) is 4.65. The highest BCUT2D eigenvalue weighted by Gasteiger charge is 2.23. The standard InChI is InChI=1S/C21H19F3N2O2/c1-3-9-26-21(27)14-8-7-11-12(5-4-6-13(11)19(14)25)17-15(22)10-16(23)20(28-2)18(17)24/h4-8,10H,3,9,25H2,1-2H3,(H,26,27). The molecule has 4 nitrogen and oxygen atoms in total. The number of carbonyl (C=O) groups is 1. The molecule has 0 aromatic heterocycles. The molecular weight excluding hydrogens is 369 g/mol. The van der Waals surface area contributed by atoms with Crippen molar-refractivity contribution in [2.45, 2.75) is 13.3 Å². The molecule has 3 aromatic rings. The third kappa shape index (κ3) is 3.24. The molecule has 0 atom stereocenters. The fourth-order valence-corrected chi connectivity index (χ4v) is 3.14. The van der Waals surface area contributed by atoms with Gasteiger partial charge in [0.25, 0.3) is 5.91 Å². The van der Waals surface area contributed by atoms with Crippen molar-refractivity contribution < 1.29 is 22.7 Å². The lowest BCUT2D eigenvalue weighted by Crippen LogP contribution is -2.24. The summed E-state index contributed by atoms with van der Waals surface area (Å²) in [4.78, 5) is 12.3. The third-order valence-corrected chi connectivity index (χ3v) is 4.48. The summed E-state index contributed by atoms with van der Waals surface area (Å²) < 4.78 is 47.7. The highest BCUT2D eigenvalue weighted by molar-refractivity contribution is 6.11. The van der Waals surface area contributed by atoms with Crippen LogP contribution in [-0.2, 0) is 0 Å². The van der Waals surface area contributed by atoms with Crippen molar-refractivity contribution in [3.05, 3.63) is 59.4 Å². The molecule has 3 rings (SSSR count). The van der Waals surface area contributed by atoms with E-state index in [4.69, 9.17) is 10.5 Å². The van der Waals surface area contributed by atoms with Gasteiger partial charge in [0.15, 0.2) is 17.4 Å². The molecule has 0 heterocycles. The van der Waals surface area contributed by atoms with Gasteiger partial charge in [0.2, 0.25) is 0 Å². The number of halogens is 3. The molecule has 0 saturated carbocycles. The van der Waals surface area contributed by atoms with E-state index in [1.54, 1.807) is 18.2 Å². The normalized spacial score (nSPS) is 10.9. The Balaban J connectivity index is 2.23. The Kier molecular flexibility index (Phi) is 5.44. The van der Waals surface area contributed by atoms with E-state index in [-0.39, 0.29) is 22.7 Å². The number of anilines is 1. The van der Waals surface area contributed by atoms with Gasteiger partial charge < -0.3 is 15.8 Å². The molecule has 0 aliphatic carbocycles. The van der Waals surface area contributed by atoms with Crippen molar-refractivity contribution in [1.82, 2.24) is 5.32 Å². The van der Waals surface area contributed by atoms with Gasteiger partial charge in [-0.2, -0.15) is 0 Å². The molecule has 3 aromatic carbocycles. The van der Waals surface area contributed by atoms with Gasteiger partial charge in [-0.05, 0) is 23.4 Å². The van der Waals surface area contributed by atoms with Crippen molar-refractivity contribution >= 4 is 22.4 Å². The van der Waals surface area contributed by atoms with Crippen LogP contribution in [0.2, 0.25) is 0 Å². The summed E-state index contributed by atoms with van der Waals surface area (Å²) in [5.74, 6) is -4.33. The number of ether oxygens (including phenoxy) is 1. The zero-order valence-corrected chi connectivity index (χ0v) is 15.4. The monoisotopic (exact) mass is 388 g/mol. The van der Waals surface area contributed by atoms with E-state index in [1.165, 1.54) is 12.1 Å². The summed E-state index contributed by atoms with van der Waals surface area (Å²) in [6, 6.07) is 8.36. The number of amides is 1. The molecule has 0 aliphatic heterocycles. The maximum atomic E-state index is 14.8. The van der Waals surface area contributed by atoms with Crippen LogP contribution in [0.5, 0.6) is 5.75 Å². The molecular formula is C21H19F3N2O2. The van der Waals surface area contributed by atoms with Crippen LogP contribution in [0.1, 0.15) is 23.7 Å². The number of rotatable bonds is 5. The second-order valence-corrected chi connectivity index (χ2v) is 6.25. The fourth-order valence-electron chi connectivity index (χ4n) is 3.14. The zero-order chi connectivity index (χ0) is 20.4. The van der Waals surface area contributed by atoms with Crippen LogP contribution in [0.25, 0.3) is 21.9 Å². The van der Waals surface area contributed by atoms with Crippen LogP contribution < -0.4 is 15.8 Å². The van der Waals surface area contributed by atoms with Crippen molar-refractivity contribution in [1.29, 1.82) is 0 Å². The lowest BCUT2D eigenvalue weighted by molar-refractivity contribution is 0.0954. The maximum Gasteiger partial charge on any atom is 0.253 e. The van der Waals surface area contributed by atoms with Crippen LogP contribution in [-0.4, -0.2) is 19.6 Å². The first-order valence-corrected chi connectivity index (χ1v) is 8.71. The number of hydrogen-bond donors (Lipinski definition) is 2. The molecule has 0 unspecified atom stereocenters. The average Bonchev–Trinajstić information content (AvgIpc) is 2.66. The quantitative estimate of drug-likeness (QED) is 0.625. The molecule has 1 amide bonds. The molecule has 7 heteroatoms. The summed E-state index contributed by atoms with van der Waals surface area (Å²) in [7, 11) is 1.10. The van der Waals surface area contributed by atoms with Crippen LogP contribution in [0, 0.1) is 17.5 Å². The SMILES string of the molecule is CCCNC(=O)c1ccc2c(-c3c(F)cc(F)c(OC)c3F)cccc2c1N. The Bertz CT molecular complexity index is 1070. The molecule has 0 radical (unpaired) electrons. The van der Waals surface area contributed by atoms with Crippen LogP contribution >= 0.6 is 0 Å². The Hall–Kier alpha value is -3.22. The van der Waals surface area contributed by atoms with E-state index in [2.05, 4.69) is 5.32 Å². The lowest BCUT2D eigenvalue weighted by atomic mass is 9.94. The minimum Gasteiger partial charge on any atom is -0.491 e. The summed E-state index contributed by atoms with van der Waals surface area (Å²) in [5, 5.41) is 3.63. The number of nitrogens with two attached hydrogens (primary N) is 1. The van der Waals surface area contributed by atoms with Gasteiger partial charge in [0, 0.05) is 18.0 Å². The van der Waals surface area contributed by atoms with Gasteiger partial charge in [-0.25, -0.2) is 13.2 Å². The molecule has 0 saturated heterocycles. The van der Waals surface area contributed by atoms with Crippen molar-refractivity contribution in [3.8, 4) is 16.9 Å². The summed E-state index contributed by atoms with van der Waals surface area (Å²) >= 11 is 0. The van der Waals surface area contributed by atoms with Crippen LogP contribution in [0.15, 0.2) is 36.4 Å². The number of benzene rings is 3. The number of fused-ring (bicyclic) bond motifs is 1. The summed E-state index contributed by atoms with van der Waals surface area (Å²) in [6.45, 7) is 2.43. The van der Waals surface area contributed by atoms with Crippen molar-refractivity contribution in [2.24, 2.45) is 0 Å². The predicted molar refractivity (Wildman–Crippen MR) is 103 cm³/mol. The van der Waals surface area contributed by atoms with E-state index >= 15 is 0 Å². The number of nitrogens with one attached hydrogen (secondary N) is 1. The highest BCUT2D eigenvalue weighted by Crippen LogP contribution is 2.39. The Morgan fingerprint density at radius 3 is 2.54 bits per heavy atom. The second-order valence-electron chi connectivity index (χ2n) is 6.25. The largest absolute Gasteiger partial charge is 0.491 e. The molecule has 0 fully saturated rings. The van der Waals surface area contributed by atoms with E-state index in [0.717, 1.165) is 13.5 Å². The molecule has 0 aliphatic rings. The van der Waals surface area contributed by atoms with Gasteiger partial charge >= 0.3 is 0 Å². The Labute approximate surface area is 160 Å². The van der Waals surface area contributed by atoms with Crippen LogP contribution in [0.3, 0.4) is 0 Å². The maximum absolute atomic E-state index is 14.8. The van der Waals surface area contributed by atoms with E-state index in [1.807, 2.05) is 6.92 Å². The number of carbonyl (C=O) groups excluding carboxylic acids is 1. The van der Waals surface area contributed by atoms with E-state index in [9.17, 15) is 18.0 Å². The average molecular weight is 388 g/mol. The third-order valence-electron chi connectivity index (χ3n) is 4.48. The van der Waals surface area contributed by atoms with Crippen molar-refractivity contribution in [2.75, 3.05) is 19.4 Å². The lowest BCUT2D eigenvalue weighted by Gasteiger charge is -2.15. The smallest absolute Gasteiger partial charge is 0.253 e. The molecule has 3 N–H and O–H groups in total. The number of nitrogen functional groups attached to an aromatic ring is 1. The van der Waals surface area contributed by atoms with Gasteiger partial charge in [-0.15, -0.1) is 0 Å². The molecule has 28 heavy (non-hydrogen) atoms. The minimum atomic E-state index is -1.14. The minimum absolute atomic E-state index is 0.179. The van der Waals surface area contributed by atoms with Crippen LogP contribution in [0.4, 0.5) is 18.9 Å². The first-order valence-electron chi connectivity index (χ1n) is 8.71. The van der Waals surface area contributed by atoms with Gasteiger partial charge in [-0.1, -0.05) is 31.2 Å². The molecule has 0 bridgehead atoms. The number of methoxy groups -OCH3 is 1. The number of hydrogen-bond acceptors (Lipinski definition) is 3. The van der Waals surface area contributed by atoms with E-state index in [0.29, 0.717) is 23.4 Å². The zero-order valence-electron chi connectivity index (χ0n) is 15.4. The van der Waals surface area contributed by atoms with Gasteiger partial charge in [0.05, 0.1) is 23.9 Å². The summed E-state index contributed by atoms with van der Waals surface area (Å²) in [6.07, 6.45) is 0.772. The van der Waals surface area contributed by atoms with E-state index < -0.39 is 28.8 Å². The Morgan fingerprint density at radius 1 is 1.11 bits per heavy atom. The summed E-state index contributed by atoms with van der Waals surface area (Å²) in [5.41, 5.74) is 6.39. The molecule has 146 valence electrons. The second kappa shape index (κ2) is 7.80.